The third kappa shape index (κ3) is 5.15. The number of rotatable bonds is 6. The van der Waals surface area contributed by atoms with Gasteiger partial charge < -0.3 is 10.4 Å². The second kappa shape index (κ2) is 7.68. The Balaban J connectivity index is 2.04. The van der Waals surface area contributed by atoms with Crippen LogP contribution in [0.4, 0.5) is 8.78 Å². The molecule has 126 valence electrons. The molecule has 0 radical (unpaired) electrons. The lowest BCUT2D eigenvalue weighted by Crippen LogP contribution is -2.43. The van der Waals surface area contributed by atoms with Crippen molar-refractivity contribution >= 4 is 11.9 Å². The number of carbonyl (C=O) groups is 2. The fourth-order valence-electron chi connectivity index (χ4n) is 2.42. The number of hydrogen-bond donors (Lipinski definition) is 2. The molecule has 1 amide bonds. The Bertz CT molecular complexity index is 741. The first-order chi connectivity index (χ1) is 11.3. The van der Waals surface area contributed by atoms with Crippen LogP contribution in [0.3, 0.4) is 0 Å². The molecule has 2 aromatic rings. The predicted molar refractivity (Wildman–Crippen MR) is 84.5 cm³/mol. The lowest BCUT2D eigenvalue weighted by atomic mass is 10.0. The number of amides is 1. The minimum atomic E-state index is -1.17. The van der Waals surface area contributed by atoms with Crippen LogP contribution in [0.5, 0.6) is 0 Å². The normalized spacial score (nSPS) is 11.8. The zero-order valence-electron chi connectivity index (χ0n) is 13.1. The van der Waals surface area contributed by atoms with Crippen LogP contribution in [0, 0.1) is 18.6 Å². The topological polar surface area (TPSA) is 66.4 Å². The molecule has 0 saturated carbocycles. The van der Waals surface area contributed by atoms with E-state index in [1.54, 1.807) is 12.1 Å². The van der Waals surface area contributed by atoms with Crippen LogP contribution in [0.2, 0.25) is 0 Å². The maximum absolute atomic E-state index is 13.1. The van der Waals surface area contributed by atoms with E-state index in [1.807, 2.05) is 19.1 Å². The summed E-state index contributed by atoms with van der Waals surface area (Å²) >= 11 is 0. The van der Waals surface area contributed by atoms with Gasteiger partial charge in [0.2, 0.25) is 5.91 Å². The molecule has 0 unspecified atom stereocenters. The van der Waals surface area contributed by atoms with Crippen molar-refractivity contribution in [1.82, 2.24) is 5.32 Å². The van der Waals surface area contributed by atoms with E-state index in [1.165, 1.54) is 0 Å². The number of carboxylic acids is 1. The molecule has 0 aliphatic carbocycles. The van der Waals surface area contributed by atoms with Gasteiger partial charge in [-0.3, -0.25) is 4.79 Å². The molecule has 2 aromatic carbocycles. The number of aryl methyl sites for hydroxylation is 1. The smallest absolute Gasteiger partial charge is 0.326 e. The molecule has 0 aliphatic heterocycles. The van der Waals surface area contributed by atoms with Gasteiger partial charge in [0.15, 0.2) is 0 Å². The molecule has 0 heterocycles. The summed E-state index contributed by atoms with van der Waals surface area (Å²) in [6.45, 7) is 1.89. The summed E-state index contributed by atoms with van der Waals surface area (Å²) in [5.74, 6) is -3.35. The summed E-state index contributed by atoms with van der Waals surface area (Å²) in [6.07, 6.45) is -0.174. The molecule has 6 heteroatoms. The Kier molecular flexibility index (Phi) is 5.63. The van der Waals surface area contributed by atoms with Gasteiger partial charge in [0, 0.05) is 12.5 Å². The molecular formula is C18H17F2NO3. The Hall–Kier alpha value is -2.76. The molecule has 2 N–H and O–H groups in total. The average Bonchev–Trinajstić information content (AvgIpc) is 2.45. The lowest BCUT2D eigenvalue weighted by Gasteiger charge is -2.15. The predicted octanol–water partition coefficient (Wildman–Crippen LogP) is 2.63. The SMILES string of the molecule is Cc1cccc(C[C@H](NC(=O)Cc2cc(F)cc(F)c2)C(=O)O)c1. The second-order valence-corrected chi connectivity index (χ2v) is 5.61. The number of carbonyl (C=O) groups excluding carboxylic acids is 1. The first-order valence-electron chi connectivity index (χ1n) is 7.36. The van der Waals surface area contributed by atoms with E-state index in [0.717, 1.165) is 23.3 Å². The zero-order valence-corrected chi connectivity index (χ0v) is 13.1. The highest BCUT2D eigenvalue weighted by molar-refractivity contribution is 5.85. The average molecular weight is 333 g/mol. The molecule has 1 atom stereocenters. The van der Waals surface area contributed by atoms with E-state index in [0.29, 0.717) is 6.07 Å². The van der Waals surface area contributed by atoms with Gasteiger partial charge in [-0.2, -0.15) is 0 Å². The highest BCUT2D eigenvalue weighted by atomic mass is 19.1. The quantitative estimate of drug-likeness (QED) is 0.854. The van der Waals surface area contributed by atoms with Gasteiger partial charge in [-0.25, -0.2) is 13.6 Å². The van der Waals surface area contributed by atoms with Gasteiger partial charge in [0.05, 0.1) is 6.42 Å². The van der Waals surface area contributed by atoms with Crippen molar-refractivity contribution in [3.63, 3.8) is 0 Å². The molecule has 0 bridgehead atoms. The summed E-state index contributed by atoms with van der Waals surface area (Å²) in [4.78, 5) is 23.3. The number of benzene rings is 2. The molecule has 4 nitrogen and oxygen atoms in total. The highest BCUT2D eigenvalue weighted by Gasteiger charge is 2.20. The number of carboxylic acid groups (broad SMARTS) is 1. The van der Waals surface area contributed by atoms with E-state index in [9.17, 15) is 23.5 Å². The van der Waals surface area contributed by atoms with Crippen LogP contribution in [-0.4, -0.2) is 23.0 Å². The van der Waals surface area contributed by atoms with Crippen LogP contribution in [0.25, 0.3) is 0 Å². The number of aliphatic carboxylic acids is 1. The molecule has 0 spiro atoms. The van der Waals surface area contributed by atoms with E-state index >= 15 is 0 Å². The van der Waals surface area contributed by atoms with E-state index in [4.69, 9.17) is 0 Å². The fourth-order valence-corrected chi connectivity index (χ4v) is 2.42. The Labute approximate surface area is 138 Å². The fraction of sp³-hybridized carbons (Fsp3) is 0.222. The molecule has 24 heavy (non-hydrogen) atoms. The minimum Gasteiger partial charge on any atom is -0.480 e. The van der Waals surface area contributed by atoms with Crippen molar-refractivity contribution < 1.29 is 23.5 Å². The largest absolute Gasteiger partial charge is 0.480 e. The molecule has 0 aromatic heterocycles. The third-order valence-electron chi connectivity index (χ3n) is 3.44. The van der Waals surface area contributed by atoms with Gasteiger partial charge in [-0.15, -0.1) is 0 Å². The van der Waals surface area contributed by atoms with E-state index in [-0.39, 0.29) is 18.4 Å². The van der Waals surface area contributed by atoms with Crippen molar-refractivity contribution in [2.45, 2.75) is 25.8 Å². The van der Waals surface area contributed by atoms with Crippen LogP contribution >= 0.6 is 0 Å². The second-order valence-electron chi connectivity index (χ2n) is 5.61. The van der Waals surface area contributed by atoms with Crippen molar-refractivity contribution in [2.75, 3.05) is 0 Å². The summed E-state index contributed by atoms with van der Waals surface area (Å²) in [7, 11) is 0. The van der Waals surface area contributed by atoms with Crippen LogP contribution in [0.15, 0.2) is 42.5 Å². The lowest BCUT2D eigenvalue weighted by molar-refractivity contribution is -0.141. The first kappa shape index (κ1) is 17.6. The molecule has 0 fully saturated rings. The molecule has 0 saturated heterocycles. The van der Waals surface area contributed by atoms with Gasteiger partial charge in [0.25, 0.3) is 0 Å². The summed E-state index contributed by atoms with van der Waals surface area (Å²) < 4.78 is 26.3. The van der Waals surface area contributed by atoms with Gasteiger partial charge in [-0.05, 0) is 30.2 Å². The van der Waals surface area contributed by atoms with Crippen LogP contribution in [-0.2, 0) is 22.4 Å². The highest BCUT2D eigenvalue weighted by Crippen LogP contribution is 2.10. The maximum atomic E-state index is 13.1. The Morgan fingerprint density at radius 1 is 1.08 bits per heavy atom. The van der Waals surface area contributed by atoms with E-state index in [2.05, 4.69) is 5.32 Å². The monoisotopic (exact) mass is 333 g/mol. The van der Waals surface area contributed by atoms with Crippen molar-refractivity contribution in [1.29, 1.82) is 0 Å². The summed E-state index contributed by atoms with van der Waals surface area (Å²) in [5, 5.41) is 11.7. The first-order valence-corrected chi connectivity index (χ1v) is 7.36. The van der Waals surface area contributed by atoms with Crippen molar-refractivity contribution in [3.8, 4) is 0 Å². The van der Waals surface area contributed by atoms with Crippen LogP contribution < -0.4 is 5.32 Å². The summed E-state index contributed by atoms with van der Waals surface area (Å²) in [6, 6.07) is 8.98. The van der Waals surface area contributed by atoms with Gasteiger partial charge >= 0.3 is 5.97 Å². The Morgan fingerprint density at radius 3 is 2.33 bits per heavy atom. The van der Waals surface area contributed by atoms with Crippen molar-refractivity contribution in [2.24, 2.45) is 0 Å². The van der Waals surface area contributed by atoms with Crippen LogP contribution in [0.1, 0.15) is 16.7 Å². The zero-order chi connectivity index (χ0) is 17.7. The van der Waals surface area contributed by atoms with Crippen molar-refractivity contribution in [3.05, 3.63) is 70.8 Å². The molecular weight excluding hydrogens is 316 g/mol. The minimum absolute atomic E-state index is 0.125. The number of nitrogens with one attached hydrogen (secondary N) is 1. The Morgan fingerprint density at radius 2 is 1.75 bits per heavy atom. The molecule has 2 rings (SSSR count). The molecule has 0 aliphatic rings. The number of halogens is 2. The summed E-state index contributed by atoms with van der Waals surface area (Å²) in [5.41, 5.74) is 1.90. The van der Waals surface area contributed by atoms with E-state index < -0.39 is 29.6 Å². The van der Waals surface area contributed by atoms with Gasteiger partial charge in [-0.1, -0.05) is 29.8 Å². The maximum Gasteiger partial charge on any atom is 0.326 e. The standard InChI is InChI=1S/C18H17F2NO3/c1-11-3-2-4-12(5-11)8-16(18(23)24)21-17(22)9-13-6-14(19)10-15(20)7-13/h2-7,10,16H,8-9H2,1H3,(H,21,22)(H,23,24)/t16-/m0/s1. The number of hydrogen-bond acceptors (Lipinski definition) is 2. The third-order valence-corrected chi connectivity index (χ3v) is 3.44. The van der Waals surface area contributed by atoms with Gasteiger partial charge in [0.1, 0.15) is 17.7 Å².